The van der Waals surface area contributed by atoms with E-state index in [0.717, 1.165) is 5.56 Å². The number of pyridine rings is 1. The van der Waals surface area contributed by atoms with Crippen LogP contribution in [0, 0.1) is 0 Å². The molecule has 1 aromatic rings. The van der Waals surface area contributed by atoms with Crippen LogP contribution in [-0.2, 0) is 11.2 Å². The standard InChI is InChI=1S/C11H17N3O/c1-8(2)14-7-10(15)6-9-4-3-5-13-11(9)12/h3-5,8,14H,6-7H2,1-2H3,(H2,12,13). The zero-order valence-electron chi connectivity index (χ0n) is 9.16. The minimum atomic E-state index is 0.128. The summed E-state index contributed by atoms with van der Waals surface area (Å²) >= 11 is 0. The Balaban J connectivity index is 2.48. The van der Waals surface area contributed by atoms with Crippen molar-refractivity contribution >= 4 is 11.6 Å². The molecule has 1 aromatic heterocycles. The first-order valence-corrected chi connectivity index (χ1v) is 5.04. The Bertz CT molecular complexity index is 336. The van der Waals surface area contributed by atoms with Gasteiger partial charge in [-0.1, -0.05) is 19.9 Å². The van der Waals surface area contributed by atoms with Crippen molar-refractivity contribution in [3.05, 3.63) is 23.9 Å². The molecule has 0 amide bonds. The van der Waals surface area contributed by atoms with Gasteiger partial charge in [-0.05, 0) is 6.07 Å². The van der Waals surface area contributed by atoms with Crippen molar-refractivity contribution in [2.24, 2.45) is 0 Å². The first-order valence-electron chi connectivity index (χ1n) is 5.04. The van der Waals surface area contributed by atoms with Crippen LogP contribution < -0.4 is 11.1 Å². The normalized spacial score (nSPS) is 10.6. The Kier molecular flexibility index (Phi) is 4.24. The number of rotatable bonds is 5. The van der Waals surface area contributed by atoms with E-state index < -0.39 is 0 Å². The van der Waals surface area contributed by atoms with Crippen LogP contribution in [0.3, 0.4) is 0 Å². The summed E-state index contributed by atoms with van der Waals surface area (Å²) in [6, 6.07) is 3.94. The van der Waals surface area contributed by atoms with Gasteiger partial charge >= 0.3 is 0 Å². The minimum Gasteiger partial charge on any atom is -0.383 e. The zero-order valence-corrected chi connectivity index (χ0v) is 9.16. The van der Waals surface area contributed by atoms with Crippen LogP contribution in [-0.4, -0.2) is 23.4 Å². The molecular formula is C11H17N3O. The molecule has 82 valence electrons. The number of nitrogens with zero attached hydrogens (tertiary/aromatic N) is 1. The lowest BCUT2D eigenvalue weighted by Crippen LogP contribution is -2.30. The summed E-state index contributed by atoms with van der Waals surface area (Å²) in [5.41, 5.74) is 6.44. The molecule has 0 aromatic carbocycles. The minimum absolute atomic E-state index is 0.128. The number of nitrogen functional groups attached to an aromatic ring is 1. The lowest BCUT2D eigenvalue weighted by molar-refractivity contribution is -0.117. The molecule has 0 aliphatic heterocycles. The van der Waals surface area contributed by atoms with Gasteiger partial charge in [0.05, 0.1) is 6.54 Å². The highest BCUT2D eigenvalue weighted by Gasteiger charge is 2.07. The van der Waals surface area contributed by atoms with Gasteiger partial charge in [-0.3, -0.25) is 4.79 Å². The van der Waals surface area contributed by atoms with E-state index in [0.29, 0.717) is 24.8 Å². The van der Waals surface area contributed by atoms with Gasteiger partial charge in [0.1, 0.15) is 5.82 Å². The number of aromatic nitrogens is 1. The highest BCUT2D eigenvalue weighted by molar-refractivity contribution is 5.83. The lowest BCUT2D eigenvalue weighted by atomic mass is 10.1. The summed E-state index contributed by atoms with van der Waals surface area (Å²) in [5.74, 6) is 0.568. The van der Waals surface area contributed by atoms with Gasteiger partial charge in [-0.25, -0.2) is 4.98 Å². The quantitative estimate of drug-likeness (QED) is 0.748. The van der Waals surface area contributed by atoms with Crippen LogP contribution in [0.1, 0.15) is 19.4 Å². The largest absolute Gasteiger partial charge is 0.383 e. The van der Waals surface area contributed by atoms with Crippen molar-refractivity contribution in [2.75, 3.05) is 12.3 Å². The van der Waals surface area contributed by atoms with Gasteiger partial charge in [-0.2, -0.15) is 0 Å². The third-order valence-electron chi connectivity index (χ3n) is 2.02. The SMILES string of the molecule is CC(C)NCC(=O)Cc1cccnc1N. The van der Waals surface area contributed by atoms with Crippen LogP contribution >= 0.6 is 0 Å². The molecule has 0 fully saturated rings. The van der Waals surface area contributed by atoms with E-state index in [1.165, 1.54) is 0 Å². The molecule has 0 atom stereocenters. The maximum absolute atomic E-state index is 11.5. The molecular weight excluding hydrogens is 190 g/mol. The van der Waals surface area contributed by atoms with Crippen molar-refractivity contribution in [1.82, 2.24) is 10.3 Å². The maximum Gasteiger partial charge on any atom is 0.151 e. The number of carbonyl (C=O) groups excluding carboxylic acids is 1. The van der Waals surface area contributed by atoms with E-state index >= 15 is 0 Å². The number of carbonyl (C=O) groups is 1. The predicted octanol–water partition coefficient (Wildman–Crippen LogP) is 0.773. The second kappa shape index (κ2) is 5.46. The van der Waals surface area contributed by atoms with Crippen molar-refractivity contribution in [3.8, 4) is 0 Å². The fourth-order valence-corrected chi connectivity index (χ4v) is 1.19. The monoisotopic (exact) mass is 207 g/mol. The smallest absolute Gasteiger partial charge is 0.151 e. The Morgan fingerprint density at radius 3 is 2.93 bits per heavy atom. The number of Topliss-reactive ketones (excluding diaryl/α,β-unsaturated/α-hetero) is 1. The molecule has 0 saturated carbocycles. The second-order valence-electron chi connectivity index (χ2n) is 3.80. The third kappa shape index (κ3) is 4.08. The van der Waals surface area contributed by atoms with Crippen LogP contribution in [0.25, 0.3) is 0 Å². The number of anilines is 1. The van der Waals surface area contributed by atoms with Crippen LogP contribution in [0.4, 0.5) is 5.82 Å². The molecule has 1 heterocycles. The summed E-state index contributed by atoms with van der Waals surface area (Å²) in [7, 11) is 0. The van der Waals surface area contributed by atoms with Crippen molar-refractivity contribution in [2.45, 2.75) is 26.3 Å². The molecule has 15 heavy (non-hydrogen) atoms. The fourth-order valence-electron chi connectivity index (χ4n) is 1.19. The Morgan fingerprint density at radius 2 is 2.33 bits per heavy atom. The van der Waals surface area contributed by atoms with Gasteiger partial charge in [-0.15, -0.1) is 0 Å². The molecule has 4 nitrogen and oxygen atoms in total. The van der Waals surface area contributed by atoms with Crippen LogP contribution in [0.5, 0.6) is 0 Å². The molecule has 1 rings (SSSR count). The van der Waals surface area contributed by atoms with Gasteiger partial charge in [0, 0.05) is 24.2 Å². The van der Waals surface area contributed by atoms with Crippen molar-refractivity contribution in [1.29, 1.82) is 0 Å². The van der Waals surface area contributed by atoms with E-state index in [1.54, 1.807) is 12.3 Å². The van der Waals surface area contributed by atoms with E-state index in [1.807, 2.05) is 19.9 Å². The predicted molar refractivity (Wildman–Crippen MR) is 60.5 cm³/mol. The van der Waals surface area contributed by atoms with Gasteiger partial charge in [0.15, 0.2) is 5.78 Å². The third-order valence-corrected chi connectivity index (χ3v) is 2.02. The second-order valence-corrected chi connectivity index (χ2v) is 3.80. The number of nitrogens with one attached hydrogen (secondary N) is 1. The molecule has 0 radical (unpaired) electrons. The molecule has 0 aliphatic rings. The lowest BCUT2D eigenvalue weighted by Gasteiger charge is -2.07. The Hall–Kier alpha value is -1.42. The number of ketones is 1. The zero-order chi connectivity index (χ0) is 11.3. The molecule has 0 spiro atoms. The molecule has 0 unspecified atom stereocenters. The van der Waals surface area contributed by atoms with E-state index in [-0.39, 0.29) is 5.78 Å². The van der Waals surface area contributed by atoms with Crippen LogP contribution in [0.2, 0.25) is 0 Å². The van der Waals surface area contributed by atoms with Crippen molar-refractivity contribution in [3.63, 3.8) is 0 Å². The molecule has 4 heteroatoms. The number of nitrogens with two attached hydrogens (primary N) is 1. The Labute approximate surface area is 89.9 Å². The molecule has 3 N–H and O–H groups in total. The summed E-state index contributed by atoms with van der Waals surface area (Å²) in [5, 5.41) is 3.07. The highest BCUT2D eigenvalue weighted by Crippen LogP contribution is 2.07. The molecule has 0 bridgehead atoms. The van der Waals surface area contributed by atoms with Crippen LogP contribution in [0.15, 0.2) is 18.3 Å². The highest BCUT2D eigenvalue weighted by atomic mass is 16.1. The van der Waals surface area contributed by atoms with E-state index in [9.17, 15) is 4.79 Å². The van der Waals surface area contributed by atoms with E-state index in [4.69, 9.17) is 5.73 Å². The topological polar surface area (TPSA) is 68.0 Å². The van der Waals surface area contributed by atoms with Crippen molar-refractivity contribution < 1.29 is 4.79 Å². The summed E-state index contributed by atoms with van der Waals surface area (Å²) in [6.45, 7) is 4.39. The number of hydrogen-bond acceptors (Lipinski definition) is 4. The average molecular weight is 207 g/mol. The summed E-state index contributed by atoms with van der Waals surface area (Å²) in [6.07, 6.45) is 1.97. The first kappa shape index (κ1) is 11.7. The molecule has 0 saturated heterocycles. The van der Waals surface area contributed by atoms with Gasteiger partial charge in [0.25, 0.3) is 0 Å². The fraction of sp³-hybridized carbons (Fsp3) is 0.455. The first-order chi connectivity index (χ1) is 7.09. The maximum atomic E-state index is 11.5. The molecule has 0 aliphatic carbocycles. The summed E-state index contributed by atoms with van der Waals surface area (Å²) < 4.78 is 0. The Morgan fingerprint density at radius 1 is 1.60 bits per heavy atom. The van der Waals surface area contributed by atoms with E-state index in [2.05, 4.69) is 10.3 Å². The average Bonchev–Trinajstić information content (AvgIpc) is 2.18. The van der Waals surface area contributed by atoms with Gasteiger partial charge in [0.2, 0.25) is 0 Å². The van der Waals surface area contributed by atoms with Gasteiger partial charge < -0.3 is 11.1 Å². The number of hydrogen-bond donors (Lipinski definition) is 2. The summed E-state index contributed by atoms with van der Waals surface area (Å²) in [4.78, 5) is 15.5.